The quantitative estimate of drug-likeness (QED) is 0.473. The predicted octanol–water partition coefficient (Wildman–Crippen LogP) is 2.21. The maximum atomic E-state index is 4.95. The summed E-state index contributed by atoms with van der Waals surface area (Å²) in [7, 11) is 0. The molecule has 0 saturated carbocycles. The minimum atomic E-state index is 0.625. The average molecular weight is 294 g/mol. The Kier molecular flexibility index (Phi) is 8.81. The molecule has 0 radical (unpaired) electrons. The second-order valence-corrected chi connectivity index (χ2v) is 5.57. The van der Waals surface area contributed by atoms with Gasteiger partial charge in [-0.25, -0.2) is 0 Å². The number of hydrogen-bond donors (Lipinski definition) is 2. The third-order valence-corrected chi connectivity index (χ3v) is 3.63. The number of hydrazone groups is 2. The Morgan fingerprint density at radius 2 is 1.19 bits per heavy atom. The Labute approximate surface area is 115 Å². The molecule has 0 fully saturated rings. The first-order valence-electron chi connectivity index (χ1n) is 4.28. The van der Waals surface area contributed by atoms with Crippen molar-refractivity contribution in [2.45, 2.75) is 13.8 Å². The third kappa shape index (κ3) is 7.15. The summed E-state index contributed by atoms with van der Waals surface area (Å²) in [5.41, 5.74) is 7.02. The standard InChI is InChI=1S/C8H14N4S4/c1-5(9-11-7(13)15-3)6(2)10-12-8(14)16-4/h1-4H3,(H,11,13)(H,12,14)/b9-5+,10-6+. The zero-order valence-corrected chi connectivity index (χ0v) is 12.8. The minimum Gasteiger partial charge on any atom is -0.262 e. The van der Waals surface area contributed by atoms with Gasteiger partial charge >= 0.3 is 0 Å². The molecule has 0 rings (SSSR count). The maximum absolute atomic E-state index is 4.95. The first-order chi connectivity index (χ1) is 7.51. The Morgan fingerprint density at radius 3 is 1.44 bits per heavy atom. The molecule has 0 spiro atoms. The van der Waals surface area contributed by atoms with Gasteiger partial charge in [0.15, 0.2) is 8.64 Å². The van der Waals surface area contributed by atoms with Crippen LogP contribution in [-0.2, 0) is 0 Å². The van der Waals surface area contributed by atoms with E-state index in [1.165, 1.54) is 23.5 Å². The lowest BCUT2D eigenvalue weighted by atomic mass is 10.3. The number of thiocarbonyl (C=S) groups is 2. The van der Waals surface area contributed by atoms with E-state index in [1.54, 1.807) is 0 Å². The topological polar surface area (TPSA) is 48.8 Å². The van der Waals surface area contributed by atoms with Crippen LogP contribution in [0.1, 0.15) is 13.8 Å². The van der Waals surface area contributed by atoms with Crippen molar-refractivity contribution in [2.75, 3.05) is 12.5 Å². The van der Waals surface area contributed by atoms with Gasteiger partial charge in [0, 0.05) is 0 Å². The van der Waals surface area contributed by atoms with E-state index in [4.69, 9.17) is 24.4 Å². The molecular formula is C8H14N4S4. The summed E-state index contributed by atoms with van der Waals surface area (Å²) in [6.07, 6.45) is 3.78. The van der Waals surface area contributed by atoms with Gasteiger partial charge in [-0.2, -0.15) is 10.2 Å². The summed E-state index contributed by atoms with van der Waals surface area (Å²) >= 11 is 12.8. The first-order valence-corrected chi connectivity index (χ1v) is 7.54. The second kappa shape index (κ2) is 8.91. The lowest BCUT2D eigenvalue weighted by Gasteiger charge is -2.03. The average Bonchev–Trinajstić information content (AvgIpc) is 2.31. The molecule has 0 unspecified atom stereocenters. The van der Waals surface area contributed by atoms with Crippen molar-refractivity contribution in [3.8, 4) is 0 Å². The van der Waals surface area contributed by atoms with E-state index in [9.17, 15) is 0 Å². The summed E-state index contributed by atoms with van der Waals surface area (Å²) in [6, 6.07) is 0. The largest absolute Gasteiger partial charge is 0.262 e. The monoisotopic (exact) mass is 294 g/mol. The molecule has 0 heterocycles. The zero-order valence-electron chi connectivity index (χ0n) is 9.53. The van der Waals surface area contributed by atoms with E-state index in [0.717, 1.165) is 11.4 Å². The number of thioether (sulfide) groups is 2. The molecule has 0 aromatic heterocycles. The van der Waals surface area contributed by atoms with Gasteiger partial charge in [0.1, 0.15) is 0 Å². The van der Waals surface area contributed by atoms with E-state index in [2.05, 4.69) is 21.1 Å². The molecular weight excluding hydrogens is 280 g/mol. The third-order valence-electron chi connectivity index (χ3n) is 1.52. The van der Waals surface area contributed by atoms with Crippen molar-refractivity contribution >= 4 is 68.0 Å². The van der Waals surface area contributed by atoms with Crippen molar-refractivity contribution in [3.05, 3.63) is 0 Å². The number of hydrogen-bond acceptors (Lipinski definition) is 6. The molecule has 0 aliphatic heterocycles. The molecule has 0 bridgehead atoms. The highest BCUT2D eigenvalue weighted by Crippen LogP contribution is 1.95. The lowest BCUT2D eigenvalue weighted by Crippen LogP contribution is -2.20. The molecule has 0 saturated heterocycles. The summed E-state index contributed by atoms with van der Waals surface area (Å²) in [4.78, 5) is 0. The molecule has 4 nitrogen and oxygen atoms in total. The van der Waals surface area contributed by atoms with Gasteiger partial charge in [0.25, 0.3) is 0 Å². The van der Waals surface area contributed by atoms with Crippen molar-refractivity contribution < 1.29 is 0 Å². The number of nitrogens with one attached hydrogen (secondary N) is 2. The van der Waals surface area contributed by atoms with Crippen LogP contribution in [0.3, 0.4) is 0 Å². The van der Waals surface area contributed by atoms with E-state index in [0.29, 0.717) is 8.64 Å². The molecule has 0 aliphatic carbocycles. The fraction of sp³-hybridized carbons (Fsp3) is 0.500. The second-order valence-electron chi connectivity index (χ2n) is 2.60. The Hall–Kier alpha value is -0.180. The highest BCUT2D eigenvalue weighted by molar-refractivity contribution is 8.22. The normalized spacial score (nSPS) is 12.2. The summed E-state index contributed by atoms with van der Waals surface area (Å²) in [5.74, 6) is 0. The van der Waals surface area contributed by atoms with Gasteiger partial charge in [0.05, 0.1) is 11.4 Å². The molecule has 16 heavy (non-hydrogen) atoms. The highest BCUT2D eigenvalue weighted by atomic mass is 32.2. The van der Waals surface area contributed by atoms with Crippen LogP contribution < -0.4 is 10.9 Å². The molecule has 8 heteroatoms. The lowest BCUT2D eigenvalue weighted by molar-refractivity contribution is 1.05. The van der Waals surface area contributed by atoms with Crippen molar-refractivity contribution in [3.63, 3.8) is 0 Å². The van der Waals surface area contributed by atoms with Gasteiger partial charge in [0.2, 0.25) is 0 Å². The summed E-state index contributed by atoms with van der Waals surface area (Å²) in [5, 5.41) is 8.16. The van der Waals surface area contributed by atoms with Gasteiger partial charge in [-0.3, -0.25) is 10.9 Å². The molecule has 0 aromatic carbocycles. The van der Waals surface area contributed by atoms with E-state index in [1.807, 2.05) is 26.4 Å². The highest BCUT2D eigenvalue weighted by Gasteiger charge is 1.98. The van der Waals surface area contributed by atoms with Crippen LogP contribution in [0, 0.1) is 0 Å². The SMILES string of the molecule is CSC(=S)N/N=C(C)/C(C)=N/NC(=S)SC. The van der Waals surface area contributed by atoms with Gasteiger partial charge < -0.3 is 0 Å². The molecule has 0 aromatic rings. The summed E-state index contributed by atoms with van der Waals surface area (Å²) < 4.78 is 1.25. The Balaban J connectivity index is 4.30. The van der Waals surface area contributed by atoms with Crippen molar-refractivity contribution in [1.29, 1.82) is 0 Å². The number of rotatable bonds is 3. The van der Waals surface area contributed by atoms with Crippen LogP contribution in [0.4, 0.5) is 0 Å². The summed E-state index contributed by atoms with van der Waals surface area (Å²) in [6.45, 7) is 3.69. The van der Waals surface area contributed by atoms with E-state index in [-0.39, 0.29) is 0 Å². The predicted molar refractivity (Wildman–Crippen MR) is 84.7 cm³/mol. The van der Waals surface area contributed by atoms with Crippen LogP contribution in [0.25, 0.3) is 0 Å². The van der Waals surface area contributed by atoms with Gasteiger partial charge in [-0.05, 0) is 26.4 Å². The van der Waals surface area contributed by atoms with Crippen LogP contribution in [0.5, 0.6) is 0 Å². The molecule has 2 N–H and O–H groups in total. The van der Waals surface area contributed by atoms with Crippen LogP contribution in [0.2, 0.25) is 0 Å². The smallest absolute Gasteiger partial charge is 0.153 e. The van der Waals surface area contributed by atoms with Crippen molar-refractivity contribution in [2.24, 2.45) is 10.2 Å². The molecule has 0 aliphatic rings. The van der Waals surface area contributed by atoms with Gasteiger partial charge in [-0.15, -0.1) is 0 Å². The first kappa shape index (κ1) is 15.8. The fourth-order valence-electron chi connectivity index (χ4n) is 0.512. The molecule has 90 valence electrons. The Bertz CT molecular complexity index is 292. The van der Waals surface area contributed by atoms with Crippen LogP contribution in [-0.4, -0.2) is 32.6 Å². The van der Waals surface area contributed by atoms with E-state index >= 15 is 0 Å². The van der Waals surface area contributed by atoms with Crippen LogP contribution in [0.15, 0.2) is 10.2 Å². The maximum Gasteiger partial charge on any atom is 0.153 e. The zero-order chi connectivity index (χ0) is 12.6. The fourth-order valence-corrected chi connectivity index (χ4v) is 0.877. The Morgan fingerprint density at radius 1 is 0.875 bits per heavy atom. The van der Waals surface area contributed by atoms with Crippen molar-refractivity contribution in [1.82, 2.24) is 10.9 Å². The molecule has 0 atom stereocenters. The molecule has 0 amide bonds. The van der Waals surface area contributed by atoms with E-state index < -0.39 is 0 Å². The van der Waals surface area contributed by atoms with Crippen LogP contribution >= 0.6 is 48.0 Å². The number of nitrogens with zero attached hydrogens (tertiary/aromatic N) is 2. The minimum absolute atomic E-state index is 0.625. The van der Waals surface area contributed by atoms with Gasteiger partial charge in [-0.1, -0.05) is 48.0 Å².